The van der Waals surface area contributed by atoms with Gasteiger partial charge in [-0.15, -0.1) is 0 Å². The predicted octanol–water partition coefficient (Wildman–Crippen LogP) is 4.06. The predicted molar refractivity (Wildman–Crippen MR) is 103 cm³/mol. The number of hydrogen-bond acceptors (Lipinski definition) is 4. The highest BCUT2D eigenvalue weighted by molar-refractivity contribution is 7.89. The summed E-state index contributed by atoms with van der Waals surface area (Å²) in [7, 11) is -3.69. The molecule has 0 aliphatic heterocycles. The van der Waals surface area contributed by atoms with Crippen LogP contribution in [-0.4, -0.2) is 14.4 Å². The standard InChI is InChI=1S/C18H16ClN3O4S/c19-13-3-1-4-15(11-13)22-18(23)21-14-6-8-17(9-7-14)27(24,25)20-12-16-5-2-10-26-16/h1-11,20H,12H2,(H2,21,22,23). The van der Waals surface area contributed by atoms with Crippen LogP contribution in [0.1, 0.15) is 5.76 Å². The van der Waals surface area contributed by atoms with Crippen LogP contribution in [0.4, 0.5) is 16.2 Å². The summed E-state index contributed by atoms with van der Waals surface area (Å²) >= 11 is 5.87. The molecule has 3 aromatic rings. The summed E-state index contributed by atoms with van der Waals surface area (Å²) in [6, 6.07) is 15.4. The van der Waals surface area contributed by atoms with Gasteiger partial charge in [0.25, 0.3) is 0 Å². The van der Waals surface area contributed by atoms with Gasteiger partial charge in [0.1, 0.15) is 5.76 Å². The van der Waals surface area contributed by atoms with E-state index in [2.05, 4.69) is 15.4 Å². The van der Waals surface area contributed by atoms with Crippen LogP contribution < -0.4 is 15.4 Å². The normalized spacial score (nSPS) is 11.1. The average molecular weight is 406 g/mol. The molecule has 0 radical (unpaired) electrons. The number of carbonyl (C=O) groups excluding carboxylic acids is 1. The molecule has 0 unspecified atom stereocenters. The molecule has 140 valence electrons. The zero-order chi connectivity index (χ0) is 19.3. The van der Waals surface area contributed by atoms with Crippen LogP contribution >= 0.6 is 11.6 Å². The summed E-state index contributed by atoms with van der Waals surface area (Å²) in [5.41, 5.74) is 0.987. The fourth-order valence-electron chi connectivity index (χ4n) is 2.24. The van der Waals surface area contributed by atoms with Crippen LogP contribution in [0.3, 0.4) is 0 Å². The molecule has 1 heterocycles. The fraction of sp³-hybridized carbons (Fsp3) is 0.0556. The Hall–Kier alpha value is -2.81. The quantitative estimate of drug-likeness (QED) is 0.575. The van der Waals surface area contributed by atoms with E-state index in [1.807, 2.05) is 0 Å². The number of hydrogen-bond donors (Lipinski definition) is 3. The van der Waals surface area contributed by atoms with E-state index in [-0.39, 0.29) is 11.4 Å². The Morgan fingerprint density at radius 3 is 2.37 bits per heavy atom. The van der Waals surface area contributed by atoms with Crippen molar-refractivity contribution in [3.63, 3.8) is 0 Å². The van der Waals surface area contributed by atoms with E-state index in [1.165, 1.54) is 30.5 Å². The molecule has 7 nitrogen and oxygen atoms in total. The Morgan fingerprint density at radius 1 is 0.963 bits per heavy atom. The molecule has 3 N–H and O–H groups in total. The minimum Gasteiger partial charge on any atom is -0.468 e. The Labute approximate surface area is 161 Å². The third-order valence-electron chi connectivity index (χ3n) is 3.52. The lowest BCUT2D eigenvalue weighted by Gasteiger charge is -2.09. The van der Waals surface area contributed by atoms with Crippen LogP contribution in [0.5, 0.6) is 0 Å². The molecule has 0 fully saturated rings. The van der Waals surface area contributed by atoms with Crippen molar-refractivity contribution in [1.82, 2.24) is 4.72 Å². The number of urea groups is 1. The Morgan fingerprint density at radius 2 is 1.70 bits per heavy atom. The maximum atomic E-state index is 12.3. The van der Waals surface area contributed by atoms with E-state index < -0.39 is 16.1 Å². The number of anilines is 2. The minimum absolute atomic E-state index is 0.0530. The highest BCUT2D eigenvalue weighted by atomic mass is 35.5. The lowest BCUT2D eigenvalue weighted by Crippen LogP contribution is -2.23. The van der Waals surface area contributed by atoms with Crippen molar-refractivity contribution in [2.24, 2.45) is 0 Å². The monoisotopic (exact) mass is 405 g/mol. The smallest absolute Gasteiger partial charge is 0.323 e. The van der Waals surface area contributed by atoms with Crippen molar-refractivity contribution in [1.29, 1.82) is 0 Å². The SMILES string of the molecule is O=C(Nc1ccc(S(=O)(=O)NCc2ccco2)cc1)Nc1cccc(Cl)c1. The van der Waals surface area contributed by atoms with E-state index in [4.69, 9.17) is 16.0 Å². The zero-order valence-corrected chi connectivity index (χ0v) is 15.5. The van der Waals surface area contributed by atoms with Crippen LogP contribution in [0.2, 0.25) is 5.02 Å². The number of rotatable bonds is 6. The molecule has 9 heteroatoms. The van der Waals surface area contributed by atoms with Crippen LogP contribution in [0.25, 0.3) is 0 Å². The summed E-state index contributed by atoms with van der Waals surface area (Å²) in [5.74, 6) is 0.509. The third kappa shape index (κ3) is 5.33. The zero-order valence-electron chi connectivity index (χ0n) is 14.0. The first-order valence-electron chi connectivity index (χ1n) is 7.88. The molecule has 0 aliphatic carbocycles. The lowest BCUT2D eigenvalue weighted by atomic mass is 10.3. The van der Waals surface area contributed by atoms with Crippen molar-refractivity contribution >= 4 is 39.0 Å². The second-order valence-corrected chi connectivity index (χ2v) is 7.72. The van der Waals surface area contributed by atoms with Crippen LogP contribution in [0, 0.1) is 0 Å². The molecule has 27 heavy (non-hydrogen) atoms. The molecule has 0 spiro atoms. The fourth-order valence-corrected chi connectivity index (χ4v) is 3.42. The largest absolute Gasteiger partial charge is 0.468 e. The number of benzene rings is 2. The van der Waals surface area contributed by atoms with E-state index in [0.717, 1.165) is 0 Å². The lowest BCUT2D eigenvalue weighted by molar-refractivity contribution is 0.262. The van der Waals surface area contributed by atoms with Crippen molar-refractivity contribution in [3.05, 3.63) is 77.7 Å². The second-order valence-electron chi connectivity index (χ2n) is 5.52. The first kappa shape index (κ1) is 19.0. The van der Waals surface area contributed by atoms with Crippen molar-refractivity contribution < 1.29 is 17.6 Å². The number of nitrogens with one attached hydrogen (secondary N) is 3. The molecular formula is C18H16ClN3O4S. The minimum atomic E-state index is -3.69. The summed E-state index contributed by atoms with van der Waals surface area (Å²) in [6.45, 7) is 0.0530. The van der Waals surface area contributed by atoms with Gasteiger partial charge in [0, 0.05) is 16.4 Å². The molecule has 1 aromatic heterocycles. The molecule has 0 atom stereocenters. The van der Waals surface area contributed by atoms with E-state index in [1.54, 1.807) is 36.4 Å². The first-order valence-corrected chi connectivity index (χ1v) is 9.74. The maximum Gasteiger partial charge on any atom is 0.323 e. The van der Waals surface area contributed by atoms with Crippen molar-refractivity contribution in [2.75, 3.05) is 10.6 Å². The number of carbonyl (C=O) groups is 1. The molecule has 0 saturated carbocycles. The van der Waals surface area contributed by atoms with Gasteiger partial charge in [-0.2, -0.15) is 0 Å². The third-order valence-corrected chi connectivity index (χ3v) is 5.17. The van der Waals surface area contributed by atoms with Crippen LogP contribution in [0.15, 0.2) is 76.2 Å². The Kier molecular flexibility index (Phi) is 5.80. The highest BCUT2D eigenvalue weighted by Crippen LogP contribution is 2.17. The average Bonchev–Trinajstić information content (AvgIpc) is 3.14. The van der Waals surface area contributed by atoms with E-state index in [0.29, 0.717) is 22.2 Å². The molecule has 0 bridgehead atoms. The van der Waals surface area contributed by atoms with Gasteiger partial charge in [0.2, 0.25) is 10.0 Å². The van der Waals surface area contributed by atoms with Crippen LogP contribution in [-0.2, 0) is 16.6 Å². The highest BCUT2D eigenvalue weighted by Gasteiger charge is 2.14. The van der Waals surface area contributed by atoms with Gasteiger partial charge in [0.15, 0.2) is 0 Å². The van der Waals surface area contributed by atoms with Gasteiger partial charge >= 0.3 is 6.03 Å². The molecule has 0 aliphatic rings. The molecule has 0 saturated heterocycles. The number of sulfonamides is 1. The van der Waals surface area contributed by atoms with Crippen molar-refractivity contribution in [2.45, 2.75) is 11.4 Å². The summed E-state index contributed by atoms with van der Waals surface area (Å²) < 4.78 is 32.1. The summed E-state index contributed by atoms with van der Waals surface area (Å²) in [4.78, 5) is 12.1. The Bertz CT molecular complexity index is 1020. The summed E-state index contributed by atoms with van der Waals surface area (Å²) in [5, 5.41) is 5.76. The summed E-state index contributed by atoms with van der Waals surface area (Å²) in [6.07, 6.45) is 1.47. The Balaban J connectivity index is 1.60. The van der Waals surface area contributed by atoms with Gasteiger partial charge in [-0.05, 0) is 54.6 Å². The van der Waals surface area contributed by atoms with E-state index >= 15 is 0 Å². The van der Waals surface area contributed by atoms with E-state index in [9.17, 15) is 13.2 Å². The van der Waals surface area contributed by atoms with Gasteiger partial charge in [-0.3, -0.25) is 0 Å². The maximum absolute atomic E-state index is 12.3. The number of furan rings is 1. The van der Waals surface area contributed by atoms with Gasteiger partial charge in [-0.25, -0.2) is 17.9 Å². The second kappa shape index (κ2) is 8.26. The van der Waals surface area contributed by atoms with Gasteiger partial charge in [0.05, 0.1) is 17.7 Å². The molecule has 2 amide bonds. The van der Waals surface area contributed by atoms with Crippen molar-refractivity contribution in [3.8, 4) is 0 Å². The molecule has 2 aromatic carbocycles. The first-order chi connectivity index (χ1) is 12.9. The number of amides is 2. The number of halogens is 1. The molecular weight excluding hydrogens is 390 g/mol. The topological polar surface area (TPSA) is 100 Å². The molecule has 3 rings (SSSR count). The van der Waals surface area contributed by atoms with Gasteiger partial charge < -0.3 is 15.1 Å². The van der Waals surface area contributed by atoms with Gasteiger partial charge in [-0.1, -0.05) is 17.7 Å².